The molecular weight excluding hydrogens is 362 g/mol. The number of carbonyl (C=O) groups is 1. The minimum absolute atomic E-state index is 0.114. The number of nitrogens with zero attached hydrogens (tertiary/aromatic N) is 5. The molecule has 1 aromatic carbocycles. The fourth-order valence-electron chi connectivity index (χ4n) is 4.17. The molecule has 29 heavy (non-hydrogen) atoms. The number of benzene rings is 1. The molecule has 6 nitrogen and oxygen atoms in total. The zero-order valence-electron chi connectivity index (χ0n) is 17.8. The SMILES string of the molecule is Cc1cccc(N2CCN(C(=O)c3ccnc(N4CCN(C)CC4)c3)CC2)c1C. The van der Waals surface area contributed by atoms with E-state index in [4.69, 9.17) is 0 Å². The quantitative estimate of drug-likeness (QED) is 0.801. The number of piperazine rings is 2. The van der Waals surface area contributed by atoms with Crippen molar-refractivity contribution in [3.63, 3.8) is 0 Å². The molecule has 0 radical (unpaired) electrons. The molecule has 2 saturated heterocycles. The molecule has 2 fully saturated rings. The highest BCUT2D eigenvalue weighted by Crippen LogP contribution is 2.24. The maximum atomic E-state index is 13.1. The lowest BCUT2D eigenvalue weighted by molar-refractivity contribution is 0.0746. The molecule has 0 N–H and O–H groups in total. The normalized spacial score (nSPS) is 18.2. The van der Waals surface area contributed by atoms with Crippen LogP contribution >= 0.6 is 0 Å². The molecule has 0 unspecified atom stereocenters. The summed E-state index contributed by atoms with van der Waals surface area (Å²) in [5.41, 5.74) is 4.68. The fraction of sp³-hybridized carbons (Fsp3) is 0.478. The molecule has 0 atom stereocenters. The van der Waals surface area contributed by atoms with Gasteiger partial charge in [-0.05, 0) is 50.2 Å². The molecule has 2 aliphatic heterocycles. The van der Waals surface area contributed by atoms with Gasteiger partial charge in [0.1, 0.15) is 5.82 Å². The van der Waals surface area contributed by atoms with Crippen LogP contribution < -0.4 is 9.80 Å². The third-order valence-corrected chi connectivity index (χ3v) is 6.30. The van der Waals surface area contributed by atoms with Crippen molar-refractivity contribution in [3.05, 3.63) is 53.2 Å². The standard InChI is InChI=1S/C23H31N5O/c1-18-5-4-6-21(19(18)2)26-13-15-28(16-14-26)23(29)20-7-8-24-22(17-20)27-11-9-25(3)10-12-27/h4-8,17H,9-16H2,1-3H3. The summed E-state index contributed by atoms with van der Waals surface area (Å²) in [5, 5.41) is 0. The van der Waals surface area contributed by atoms with Gasteiger partial charge in [0.2, 0.25) is 0 Å². The summed E-state index contributed by atoms with van der Waals surface area (Å²) in [4.78, 5) is 26.6. The van der Waals surface area contributed by atoms with Crippen LogP contribution in [0.4, 0.5) is 11.5 Å². The summed E-state index contributed by atoms with van der Waals surface area (Å²) in [6.07, 6.45) is 1.77. The van der Waals surface area contributed by atoms with Crippen molar-refractivity contribution >= 4 is 17.4 Å². The smallest absolute Gasteiger partial charge is 0.254 e. The Labute approximate surface area is 173 Å². The van der Waals surface area contributed by atoms with Crippen LogP contribution in [0, 0.1) is 13.8 Å². The lowest BCUT2D eigenvalue weighted by Crippen LogP contribution is -2.49. The maximum absolute atomic E-state index is 13.1. The summed E-state index contributed by atoms with van der Waals surface area (Å²) in [6, 6.07) is 10.3. The topological polar surface area (TPSA) is 42.9 Å². The average Bonchev–Trinajstić information content (AvgIpc) is 2.76. The second kappa shape index (κ2) is 8.41. The van der Waals surface area contributed by atoms with Crippen molar-refractivity contribution in [2.45, 2.75) is 13.8 Å². The van der Waals surface area contributed by atoms with Gasteiger partial charge < -0.3 is 19.6 Å². The Kier molecular flexibility index (Phi) is 5.72. The number of aromatic nitrogens is 1. The van der Waals surface area contributed by atoms with Gasteiger partial charge in [-0.25, -0.2) is 4.98 Å². The number of hydrogen-bond acceptors (Lipinski definition) is 5. The predicted octanol–water partition coefficient (Wildman–Crippen LogP) is 2.41. The number of hydrogen-bond donors (Lipinski definition) is 0. The van der Waals surface area contributed by atoms with E-state index in [0.717, 1.165) is 63.7 Å². The predicted molar refractivity (Wildman–Crippen MR) is 118 cm³/mol. The Hall–Kier alpha value is -2.60. The summed E-state index contributed by atoms with van der Waals surface area (Å²) in [5.74, 6) is 1.03. The van der Waals surface area contributed by atoms with Gasteiger partial charge in [0.15, 0.2) is 0 Å². The van der Waals surface area contributed by atoms with Gasteiger partial charge in [0.05, 0.1) is 0 Å². The van der Waals surface area contributed by atoms with Crippen LogP contribution in [0.5, 0.6) is 0 Å². The summed E-state index contributed by atoms with van der Waals surface area (Å²) < 4.78 is 0. The molecule has 0 saturated carbocycles. The Balaban J connectivity index is 1.41. The van der Waals surface area contributed by atoms with Crippen LogP contribution in [0.3, 0.4) is 0 Å². The minimum atomic E-state index is 0.114. The second-order valence-corrected chi connectivity index (χ2v) is 8.19. The summed E-state index contributed by atoms with van der Waals surface area (Å²) in [6.45, 7) is 11.5. The Morgan fingerprint density at radius 3 is 2.31 bits per heavy atom. The molecule has 4 rings (SSSR count). The number of likely N-dealkylation sites (N-methyl/N-ethyl adjacent to an activating group) is 1. The van der Waals surface area contributed by atoms with E-state index >= 15 is 0 Å². The third-order valence-electron chi connectivity index (χ3n) is 6.30. The lowest BCUT2D eigenvalue weighted by atomic mass is 10.1. The summed E-state index contributed by atoms with van der Waals surface area (Å²) in [7, 11) is 2.14. The van der Waals surface area contributed by atoms with Crippen LogP contribution in [-0.2, 0) is 0 Å². The maximum Gasteiger partial charge on any atom is 0.254 e. The molecule has 0 bridgehead atoms. The molecule has 154 valence electrons. The number of amides is 1. The van der Waals surface area contributed by atoms with Gasteiger partial charge in [-0.15, -0.1) is 0 Å². The van der Waals surface area contributed by atoms with Crippen LogP contribution in [0.15, 0.2) is 36.5 Å². The third kappa shape index (κ3) is 4.22. The molecule has 1 amide bonds. The van der Waals surface area contributed by atoms with Crippen LogP contribution in [0.1, 0.15) is 21.5 Å². The van der Waals surface area contributed by atoms with Crippen LogP contribution in [0.2, 0.25) is 0 Å². The van der Waals surface area contributed by atoms with Gasteiger partial charge in [-0.3, -0.25) is 4.79 Å². The first-order valence-corrected chi connectivity index (χ1v) is 10.5. The van der Waals surface area contributed by atoms with E-state index in [0.29, 0.717) is 0 Å². The van der Waals surface area contributed by atoms with Crippen molar-refractivity contribution in [1.29, 1.82) is 0 Å². The highest BCUT2D eigenvalue weighted by molar-refractivity contribution is 5.95. The van der Waals surface area contributed by atoms with E-state index in [1.165, 1.54) is 16.8 Å². The average molecular weight is 394 g/mol. The Morgan fingerprint density at radius 1 is 0.897 bits per heavy atom. The van der Waals surface area contributed by atoms with Gasteiger partial charge in [0.25, 0.3) is 5.91 Å². The number of pyridine rings is 1. The monoisotopic (exact) mass is 393 g/mol. The van der Waals surface area contributed by atoms with Gasteiger partial charge in [-0.2, -0.15) is 0 Å². The fourth-order valence-corrected chi connectivity index (χ4v) is 4.17. The van der Waals surface area contributed by atoms with Crippen LogP contribution in [0.25, 0.3) is 0 Å². The second-order valence-electron chi connectivity index (χ2n) is 8.19. The zero-order chi connectivity index (χ0) is 20.4. The lowest BCUT2D eigenvalue weighted by Gasteiger charge is -2.37. The molecule has 0 aliphatic carbocycles. The highest BCUT2D eigenvalue weighted by Gasteiger charge is 2.24. The molecule has 2 aliphatic rings. The molecule has 2 aromatic rings. The first-order chi connectivity index (χ1) is 14.0. The van der Waals surface area contributed by atoms with Gasteiger partial charge in [-0.1, -0.05) is 12.1 Å². The number of anilines is 2. The Bertz CT molecular complexity index is 867. The highest BCUT2D eigenvalue weighted by atomic mass is 16.2. The largest absolute Gasteiger partial charge is 0.368 e. The molecule has 0 spiro atoms. The zero-order valence-corrected chi connectivity index (χ0v) is 17.8. The number of rotatable bonds is 3. The first kappa shape index (κ1) is 19.7. The van der Waals surface area contributed by atoms with E-state index < -0.39 is 0 Å². The van der Waals surface area contributed by atoms with E-state index in [1.54, 1.807) is 6.20 Å². The molecule has 6 heteroatoms. The molecule has 1 aromatic heterocycles. The van der Waals surface area contributed by atoms with Crippen molar-refractivity contribution in [3.8, 4) is 0 Å². The van der Waals surface area contributed by atoms with Crippen molar-refractivity contribution in [2.24, 2.45) is 0 Å². The van der Waals surface area contributed by atoms with Crippen molar-refractivity contribution in [1.82, 2.24) is 14.8 Å². The minimum Gasteiger partial charge on any atom is -0.368 e. The van der Waals surface area contributed by atoms with Crippen molar-refractivity contribution < 1.29 is 4.79 Å². The number of carbonyl (C=O) groups excluding carboxylic acids is 1. The van der Waals surface area contributed by atoms with E-state index in [1.807, 2.05) is 17.0 Å². The Morgan fingerprint density at radius 2 is 1.59 bits per heavy atom. The van der Waals surface area contributed by atoms with E-state index in [9.17, 15) is 4.79 Å². The van der Waals surface area contributed by atoms with E-state index in [-0.39, 0.29) is 5.91 Å². The van der Waals surface area contributed by atoms with Gasteiger partial charge in [0, 0.05) is 69.8 Å². The van der Waals surface area contributed by atoms with Crippen LogP contribution in [-0.4, -0.2) is 80.1 Å². The summed E-state index contributed by atoms with van der Waals surface area (Å²) >= 11 is 0. The molecule has 3 heterocycles. The van der Waals surface area contributed by atoms with Gasteiger partial charge >= 0.3 is 0 Å². The molecular formula is C23H31N5O. The number of aryl methyl sites for hydroxylation is 1. The first-order valence-electron chi connectivity index (χ1n) is 10.5. The van der Waals surface area contributed by atoms with E-state index in [2.05, 4.69) is 58.8 Å². The van der Waals surface area contributed by atoms with Crippen molar-refractivity contribution in [2.75, 3.05) is 69.2 Å².